The second kappa shape index (κ2) is 6.04. The summed E-state index contributed by atoms with van der Waals surface area (Å²) in [6, 6.07) is -0.572. The molecule has 0 aromatic carbocycles. The highest BCUT2D eigenvalue weighted by Crippen LogP contribution is 2.05. The largest absolute Gasteiger partial charge is 0.459 e. The second-order valence-corrected chi connectivity index (χ2v) is 3.99. The van der Waals surface area contributed by atoms with Crippen molar-refractivity contribution < 1.29 is 23.9 Å². The van der Waals surface area contributed by atoms with Gasteiger partial charge in [-0.2, -0.15) is 0 Å². The molecule has 0 aromatic rings. The van der Waals surface area contributed by atoms with E-state index in [0.717, 1.165) is 4.90 Å². The van der Waals surface area contributed by atoms with Crippen molar-refractivity contribution >= 4 is 18.1 Å². The van der Waals surface area contributed by atoms with Gasteiger partial charge in [0.15, 0.2) is 0 Å². The average molecular weight is 256 g/mol. The monoisotopic (exact) mass is 256 g/mol. The molecule has 100 valence electrons. The zero-order chi connectivity index (χ0) is 13.7. The van der Waals surface area contributed by atoms with Crippen LogP contribution in [0.2, 0.25) is 0 Å². The van der Waals surface area contributed by atoms with Gasteiger partial charge in [-0.1, -0.05) is 6.58 Å². The van der Waals surface area contributed by atoms with E-state index in [4.69, 9.17) is 9.47 Å². The Bertz CT molecular complexity index is 380. The molecule has 1 aliphatic heterocycles. The SMILES string of the molecule is C=C(C)C(=O)OCCOC(=O)N1CC(C)NC1=O. The summed E-state index contributed by atoms with van der Waals surface area (Å²) in [4.78, 5) is 34.7. The lowest BCUT2D eigenvalue weighted by molar-refractivity contribution is -0.140. The van der Waals surface area contributed by atoms with Gasteiger partial charge in [-0.15, -0.1) is 0 Å². The summed E-state index contributed by atoms with van der Waals surface area (Å²) < 4.78 is 9.52. The number of nitrogens with one attached hydrogen (secondary N) is 1. The fourth-order valence-corrected chi connectivity index (χ4v) is 1.31. The highest BCUT2D eigenvalue weighted by atomic mass is 16.6. The number of urea groups is 1. The van der Waals surface area contributed by atoms with E-state index < -0.39 is 18.1 Å². The third-order valence-corrected chi connectivity index (χ3v) is 2.18. The maximum Gasteiger partial charge on any atom is 0.418 e. The van der Waals surface area contributed by atoms with Crippen LogP contribution < -0.4 is 5.32 Å². The zero-order valence-electron chi connectivity index (χ0n) is 10.4. The van der Waals surface area contributed by atoms with Gasteiger partial charge in [0.25, 0.3) is 0 Å². The van der Waals surface area contributed by atoms with Gasteiger partial charge in [0.05, 0.1) is 6.54 Å². The molecule has 1 aliphatic rings. The Morgan fingerprint density at radius 2 is 2.06 bits per heavy atom. The summed E-state index contributed by atoms with van der Waals surface area (Å²) in [5, 5.41) is 2.56. The van der Waals surface area contributed by atoms with Crippen molar-refractivity contribution in [1.82, 2.24) is 10.2 Å². The molecule has 1 heterocycles. The van der Waals surface area contributed by atoms with E-state index in [9.17, 15) is 14.4 Å². The van der Waals surface area contributed by atoms with Crippen molar-refractivity contribution in [2.45, 2.75) is 19.9 Å². The molecule has 1 fully saturated rings. The van der Waals surface area contributed by atoms with Crippen LogP contribution in [-0.2, 0) is 14.3 Å². The summed E-state index contributed by atoms with van der Waals surface area (Å²) in [7, 11) is 0. The first kappa shape index (κ1) is 14.0. The predicted octanol–water partition coefficient (Wildman–Crippen LogP) is 0.656. The van der Waals surface area contributed by atoms with Crippen LogP contribution >= 0.6 is 0 Å². The minimum atomic E-state index is -0.747. The highest BCUT2D eigenvalue weighted by Gasteiger charge is 2.31. The number of imide groups is 1. The van der Waals surface area contributed by atoms with E-state index in [-0.39, 0.29) is 31.4 Å². The molecule has 7 heteroatoms. The lowest BCUT2D eigenvalue weighted by Crippen LogP contribution is -2.35. The lowest BCUT2D eigenvalue weighted by atomic mass is 10.4. The quantitative estimate of drug-likeness (QED) is 0.453. The number of esters is 1. The first-order valence-electron chi connectivity index (χ1n) is 5.49. The Kier molecular flexibility index (Phi) is 4.70. The maximum atomic E-state index is 11.5. The van der Waals surface area contributed by atoms with Crippen LogP contribution in [-0.4, -0.2) is 48.8 Å². The number of hydrogen-bond donors (Lipinski definition) is 1. The van der Waals surface area contributed by atoms with Gasteiger partial charge in [0, 0.05) is 11.6 Å². The Balaban J connectivity index is 2.24. The fraction of sp³-hybridized carbons (Fsp3) is 0.545. The molecule has 0 aliphatic carbocycles. The van der Waals surface area contributed by atoms with Gasteiger partial charge in [0.2, 0.25) is 0 Å². The van der Waals surface area contributed by atoms with Crippen LogP contribution in [0.3, 0.4) is 0 Å². The third kappa shape index (κ3) is 3.76. The van der Waals surface area contributed by atoms with Crippen LogP contribution in [0.4, 0.5) is 9.59 Å². The fourth-order valence-electron chi connectivity index (χ4n) is 1.31. The number of ether oxygens (including phenoxy) is 2. The zero-order valence-corrected chi connectivity index (χ0v) is 10.4. The molecular formula is C11H16N2O5. The summed E-state index contributed by atoms with van der Waals surface area (Å²) in [5.74, 6) is -0.543. The molecule has 0 aromatic heterocycles. The Morgan fingerprint density at radius 3 is 2.56 bits per heavy atom. The number of carbonyl (C=O) groups is 3. The molecule has 0 saturated carbocycles. The number of rotatable bonds is 4. The topological polar surface area (TPSA) is 84.9 Å². The van der Waals surface area contributed by atoms with E-state index in [1.165, 1.54) is 6.92 Å². The van der Waals surface area contributed by atoms with E-state index >= 15 is 0 Å². The molecule has 0 radical (unpaired) electrons. The van der Waals surface area contributed by atoms with Crippen LogP contribution in [0.15, 0.2) is 12.2 Å². The van der Waals surface area contributed by atoms with Crippen molar-refractivity contribution in [3.05, 3.63) is 12.2 Å². The van der Waals surface area contributed by atoms with Crippen molar-refractivity contribution in [3.8, 4) is 0 Å². The number of carbonyl (C=O) groups excluding carboxylic acids is 3. The van der Waals surface area contributed by atoms with Crippen LogP contribution in [0, 0.1) is 0 Å². The van der Waals surface area contributed by atoms with E-state index in [2.05, 4.69) is 11.9 Å². The van der Waals surface area contributed by atoms with Gasteiger partial charge in [0.1, 0.15) is 13.2 Å². The minimum Gasteiger partial charge on any atom is -0.459 e. The molecular weight excluding hydrogens is 240 g/mol. The van der Waals surface area contributed by atoms with Gasteiger partial charge in [-0.3, -0.25) is 0 Å². The highest BCUT2D eigenvalue weighted by molar-refractivity contribution is 5.92. The normalized spacial score (nSPS) is 18.2. The van der Waals surface area contributed by atoms with E-state index in [0.29, 0.717) is 0 Å². The van der Waals surface area contributed by atoms with Crippen LogP contribution in [0.1, 0.15) is 13.8 Å². The summed E-state index contributed by atoms with van der Waals surface area (Å²) in [5.41, 5.74) is 0.272. The van der Waals surface area contributed by atoms with Gasteiger partial charge in [-0.05, 0) is 13.8 Å². The van der Waals surface area contributed by atoms with E-state index in [1.807, 2.05) is 0 Å². The van der Waals surface area contributed by atoms with Crippen LogP contribution in [0.5, 0.6) is 0 Å². The van der Waals surface area contributed by atoms with Crippen molar-refractivity contribution in [2.75, 3.05) is 19.8 Å². The first-order valence-corrected chi connectivity index (χ1v) is 5.49. The van der Waals surface area contributed by atoms with Crippen molar-refractivity contribution in [1.29, 1.82) is 0 Å². The predicted molar refractivity (Wildman–Crippen MR) is 61.8 cm³/mol. The molecule has 1 atom stereocenters. The van der Waals surface area contributed by atoms with Gasteiger partial charge in [-0.25, -0.2) is 19.3 Å². The number of amides is 3. The summed E-state index contributed by atoms with van der Waals surface area (Å²) >= 11 is 0. The second-order valence-electron chi connectivity index (χ2n) is 3.99. The third-order valence-electron chi connectivity index (χ3n) is 2.18. The molecule has 1 N–H and O–H groups in total. The molecule has 1 rings (SSSR count). The lowest BCUT2D eigenvalue weighted by Gasteiger charge is -2.12. The minimum absolute atomic E-state index is 0.0670. The Morgan fingerprint density at radius 1 is 1.44 bits per heavy atom. The maximum absolute atomic E-state index is 11.5. The Hall–Kier alpha value is -2.05. The van der Waals surface area contributed by atoms with Gasteiger partial charge < -0.3 is 14.8 Å². The first-order chi connectivity index (χ1) is 8.41. The van der Waals surface area contributed by atoms with Crippen LogP contribution in [0.25, 0.3) is 0 Å². The smallest absolute Gasteiger partial charge is 0.418 e. The Labute approximate surface area is 105 Å². The molecule has 0 bridgehead atoms. The summed E-state index contributed by atoms with van der Waals surface area (Å²) in [6.07, 6.45) is -0.747. The number of hydrogen-bond acceptors (Lipinski definition) is 5. The number of nitrogens with zero attached hydrogens (tertiary/aromatic N) is 1. The molecule has 0 spiro atoms. The summed E-state index contributed by atoms with van der Waals surface area (Å²) in [6.45, 7) is 6.80. The van der Waals surface area contributed by atoms with Crippen molar-refractivity contribution in [2.24, 2.45) is 0 Å². The van der Waals surface area contributed by atoms with E-state index in [1.54, 1.807) is 6.92 Å². The molecule has 7 nitrogen and oxygen atoms in total. The molecule has 18 heavy (non-hydrogen) atoms. The van der Waals surface area contributed by atoms with Gasteiger partial charge >= 0.3 is 18.1 Å². The molecule has 3 amide bonds. The molecule has 1 unspecified atom stereocenters. The molecule has 1 saturated heterocycles. The average Bonchev–Trinajstić information content (AvgIpc) is 2.63. The standard InChI is InChI=1S/C11H16N2O5/c1-7(2)9(14)17-4-5-18-11(16)13-6-8(3)12-10(13)15/h8H,1,4-6H2,2-3H3,(H,12,15). The van der Waals surface area contributed by atoms with Crippen molar-refractivity contribution in [3.63, 3.8) is 0 Å².